The van der Waals surface area contributed by atoms with Gasteiger partial charge in [-0.2, -0.15) is 5.10 Å². The van der Waals surface area contributed by atoms with Gasteiger partial charge in [-0.1, -0.05) is 37.6 Å². The molecule has 112 valence electrons. The molecule has 0 N–H and O–H groups in total. The molecule has 0 aliphatic heterocycles. The Balaban J connectivity index is 2.13. The Labute approximate surface area is 127 Å². The van der Waals surface area contributed by atoms with Crippen molar-refractivity contribution in [2.24, 2.45) is 0 Å². The number of ketones is 1. The van der Waals surface area contributed by atoms with Crippen LogP contribution in [0.4, 0.5) is 0 Å². The number of benzene rings is 1. The van der Waals surface area contributed by atoms with E-state index in [1.54, 1.807) is 0 Å². The maximum atomic E-state index is 12.4. The molecule has 0 fully saturated rings. The molecule has 0 spiro atoms. The van der Waals surface area contributed by atoms with Crippen molar-refractivity contribution in [3.05, 3.63) is 52.8 Å². The fourth-order valence-corrected chi connectivity index (χ4v) is 2.72. The molecule has 3 heteroatoms. The first kappa shape index (κ1) is 15.5. The van der Waals surface area contributed by atoms with E-state index in [1.807, 2.05) is 42.9 Å². The monoisotopic (exact) mass is 284 g/mol. The molecule has 1 heterocycles. The van der Waals surface area contributed by atoms with Crippen molar-refractivity contribution in [1.82, 2.24) is 9.78 Å². The topological polar surface area (TPSA) is 34.9 Å². The fraction of sp³-hybridized carbons (Fsp3) is 0.444. The summed E-state index contributed by atoms with van der Waals surface area (Å²) in [6.45, 7) is 8.36. The smallest absolute Gasteiger partial charge is 0.169 e. The molecule has 1 aromatic carbocycles. The predicted octanol–water partition coefficient (Wildman–Crippen LogP) is 4.29. The zero-order valence-corrected chi connectivity index (χ0v) is 13.4. The van der Waals surface area contributed by atoms with Crippen LogP contribution in [-0.2, 0) is 6.42 Å². The molecular weight excluding hydrogens is 260 g/mol. The molecule has 0 saturated heterocycles. The van der Waals surface area contributed by atoms with Crippen molar-refractivity contribution in [1.29, 1.82) is 0 Å². The van der Waals surface area contributed by atoms with E-state index in [-0.39, 0.29) is 5.78 Å². The zero-order chi connectivity index (χ0) is 15.4. The number of aryl methyl sites for hydroxylation is 2. The van der Waals surface area contributed by atoms with Crippen molar-refractivity contribution in [3.63, 3.8) is 0 Å². The van der Waals surface area contributed by atoms with Crippen LogP contribution in [0.2, 0.25) is 0 Å². The number of rotatable bonds is 6. The van der Waals surface area contributed by atoms with Crippen LogP contribution >= 0.6 is 0 Å². The summed E-state index contributed by atoms with van der Waals surface area (Å²) in [4.78, 5) is 12.4. The van der Waals surface area contributed by atoms with Gasteiger partial charge in [0, 0.05) is 11.8 Å². The molecule has 0 aliphatic rings. The standard InChI is InChI=1S/C18H24N2O/c1-5-16(6-2)20-10-9-15(19-20)12-18(21)17-8-7-13(3)11-14(17)4/h7-11,16H,5-6,12H2,1-4H3. The molecule has 0 radical (unpaired) electrons. The molecule has 3 nitrogen and oxygen atoms in total. The lowest BCUT2D eigenvalue weighted by atomic mass is 10.00. The molecule has 21 heavy (non-hydrogen) atoms. The molecule has 0 atom stereocenters. The number of nitrogens with zero attached hydrogens (tertiary/aromatic N) is 2. The average molecular weight is 284 g/mol. The van der Waals surface area contributed by atoms with Crippen LogP contribution in [0.1, 0.15) is 59.9 Å². The number of carbonyl (C=O) groups is 1. The number of aromatic nitrogens is 2. The summed E-state index contributed by atoms with van der Waals surface area (Å²) in [6, 6.07) is 8.35. The first-order valence-electron chi connectivity index (χ1n) is 7.69. The van der Waals surface area contributed by atoms with Gasteiger partial charge in [0.1, 0.15) is 0 Å². The molecule has 2 rings (SSSR count). The average Bonchev–Trinajstić information content (AvgIpc) is 2.88. The van der Waals surface area contributed by atoms with Crippen LogP contribution in [-0.4, -0.2) is 15.6 Å². The van der Waals surface area contributed by atoms with Crippen molar-refractivity contribution in [2.75, 3.05) is 0 Å². The molecular formula is C18H24N2O. The van der Waals surface area contributed by atoms with E-state index in [0.29, 0.717) is 12.5 Å². The molecule has 0 bridgehead atoms. The summed E-state index contributed by atoms with van der Waals surface area (Å²) < 4.78 is 1.99. The van der Waals surface area contributed by atoms with E-state index in [9.17, 15) is 4.79 Å². The lowest BCUT2D eigenvalue weighted by Gasteiger charge is -2.12. The number of Topliss-reactive ketones (excluding diaryl/α,β-unsaturated/α-hetero) is 1. The number of hydrogen-bond donors (Lipinski definition) is 0. The zero-order valence-electron chi connectivity index (χ0n) is 13.4. The second-order valence-corrected chi connectivity index (χ2v) is 5.68. The van der Waals surface area contributed by atoms with Gasteiger partial charge in [0.15, 0.2) is 5.78 Å². The second-order valence-electron chi connectivity index (χ2n) is 5.68. The fourth-order valence-electron chi connectivity index (χ4n) is 2.72. The van der Waals surface area contributed by atoms with Crippen LogP contribution in [0.25, 0.3) is 0 Å². The van der Waals surface area contributed by atoms with Crippen LogP contribution < -0.4 is 0 Å². The van der Waals surface area contributed by atoms with Gasteiger partial charge in [-0.25, -0.2) is 0 Å². The van der Waals surface area contributed by atoms with E-state index >= 15 is 0 Å². The van der Waals surface area contributed by atoms with E-state index in [1.165, 1.54) is 5.56 Å². The normalized spacial score (nSPS) is 11.1. The molecule has 0 amide bonds. The van der Waals surface area contributed by atoms with E-state index in [0.717, 1.165) is 29.7 Å². The minimum absolute atomic E-state index is 0.141. The molecule has 2 aromatic rings. The predicted molar refractivity (Wildman–Crippen MR) is 85.8 cm³/mol. The highest BCUT2D eigenvalue weighted by Gasteiger charge is 2.13. The molecule has 0 unspecified atom stereocenters. The molecule has 0 saturated carbocycles. The second kappa shape index (κ2) is 6.70. The summed E-state index contributed by atoms with van der Waals surface area (Å²) >= 11 is 0. The van der Waals surface area contributed by atoms with Gasteiger partial charge in [0.25, 0.3) is 0 Å². The van der Waals surface area contributed by atoms with Gasteiger partial charge in [-0.3, -0.25) is 9.48 Å². The minimum atomic E-state index is 0.141. The quantitative estimate of drug-likeness (QED) is 0.742. The van der Waals surface area contributed by atoms with Crippen molar-refractivity contribution in [3.8, 4) is 0 Å². The summed E-state index contributed by atoms with van der Waals surface area (Å²) in [6.07, 6.45) is 4.48. The third-order valence-electron chi connectivity index (χ3n) is 4.00. The maximum Gasteiger partial charge on any atom is 0.169 e. The highest BCUT2D eigenvalue weighted by atomic mass is 16.1. The first-order valence-corrected chi connectivity index (χ1v) is 7.69. The van der Waals surface area contributed by atoms with E-state index < -0.39 is 0 Å². The van der Waals surface area contributed by atoms with Gasteiger partial charge < -0.3 is 0 Å². The number of hydrogen-bond acceptors (Lipinski definition) is 2. The Morgan fingerprint density at radius 1 is 1.19 bits per heavy atom. The van der Waals surface area contributed by atoms with Crippen LogP contribution in [0, 0.1) is 13.8 Å². The summed E-state index contributed by atoms with van der Waals surface area (Å²) in [5, 5.41) is 4.56. The third kappa shape index (κ3) is 3.60. The largest absolute Gasteiger partial charge is 0.294 e. The third-order valence-corrected chi connectivity index (χ3v) is 4.00. The first-order chi connectivity index (χ1) is 10.0. The Bertz CT molecular complexity index is 624. The van der Waals surface area contributed by atoms with Gasteiger partial charge >= 0.3 is 0 Å². The Morgan fingerprint density at radius 2 is 1.90 bits per heavy atom. The maximum absolute atomic E-state index is 12.4. The van der Waals surface area contributed by atoms with E-state index in [2.05, 4.69) is 25.0 Å². The van der Waals surface area contributed by atoms with Crippen LogP contribution in [0.3, 0.4) is 0 Å². The summed E-state index contributed by atoms with van der Waals surface area (Å²) in [5.41, 5.74) is 3.88. The Morgan fingerprint density at radius 3 is 2.52 bits per heavy atom. The highest BCUT2D eigenvalue weighted by Crippen LogP contribution is 2.16. The SMILES string of the molecule is CCC(CC)n1ccc(CC(=O)c2ccc(C)cc2C)n1. The highest BCUT2D eigenvalue weighted by molar-refractivity contribution is 5.98. The van der Waals surface area contributed by atoms with Crippen LogP contribution in [0.15, 0.2) is 30.5 Å². The molecule has 0 aliphatic carbocycles. The Kier molecular flexibility index (Phi) is 4.94. The number of carbonyl (C=O) groups excluding carboxylic acids is 1. The summed E-state index contributed by atoms with van der Waals surface area (Å²) in [7, 11) is 0. The summed E-state index contributed by atoms with van der Waals surface area (Å²) in [5.74, 6) is 0.141. The lowest BCUT2D eigenvalue weighted by Crippen LogP contribution is -2.10. The molecule has 1 aromatic heterocycles. The Hall–Kier alpha value is -1.90. The van der Waals surface area contributed by atoms with Gasteiger partial charge in [-0.05, 0) is 38.3 Å². The van der Waals surface area contributed by atoms with E-state index in [4.69, 9.17) is 0 Å². The van der Waals surface area contributed by atoms with Crippen molar-refractivity contribution in [2.45, 2.75) is 53.0 Å². The van der Waals surface area contributed by atoms with Crippen molar-refractivity contribution < 1.29 is 4.79 Å². The minimum Gasteiger partial charge on any atom is -0.294 e. The lowest BCUT2D eigenvalue weighted by molar-refractivity contribution is 0.0991. The van der Waals surface area contributed by atoms with Gasteiger partial charge in [0.2, 0.25) is 0 Å². The van der Waals surface area contributed by atoms with Crippen LogP contribution in [0.5, 0.6) is 0 Å². The van der Waals surface area contributed by atoms with Crippen molar-refractivity contribution >= 4 is 5.78 Å². The van der Waals surface area contributed by atoms with Gasteiger partial charge in [-0.15, -0.1) is 0 Å². The van der Waals surface area contributed by atoms with Gasteiger partial charge in [0.05, 0.1) is 18.2 Å².